The summed E-state index contributed by atoms with van der Waals surface area (Å²) in [6.45, 7) is 3.44. The van der Waals surface area contributed by atoms with Gasteiger partial charge in [-0.15, -0.1) is 11.3 Å². The summed E-state index contributed by atoms with van der Waals surface area (Å²) in [6.07, 6.45) is 0.795. The molecule has 0 saturated carbocycles. The Balaban J connectivity index is 1.54. The van der Waals surface area contributed by atoms with Crippen molar-refractivity contribution in [1.82, 2.24) is 10.6 Å². The average molecular weight is 447 g/mol. The number of hydrogen-bond acceptors (Lipinski definition) is 5. The minimum absolute atomic E-state index is 0.261. The van der Waals surface area contributed by atoms with Crippen molar-refractivity contribution in [2.24, 2.45) is 4.99 Å². The van der Waals surface area contributed by atoms with E-state index in [1.807, 2.05) is 37.3 Å². The van der Waals surface area contributed by atoms with Crippen molar-refractivity contribution in [2.45, 2.75) is 19.6 Å². The molecule has 1 aromatic carbocycles. The fourth-order valence-corrected chi connectivity index (χ4v) is 3.65. The molecule has 1 unspecified atom stereocenters. The summed E-state index contributed by atoms with van der Waals surface area (Å²) in [4.78, 5) is 17.4. The van der Waals surface area contributed by atoms with E-state index in [1.54, 1.807) is 18.2 Å². The van der Waals surface area contributed by atoms with E-state index in [0.717, 1.165) is 10.4 Å². The molecule has 9 heteroatoms. The number of halogens is 1. The monoisotopic (exact) mass is 446 g/mol. The van der Waals surface area contributed by atoms with Crippen LogP contribution in [0.3, 0.4) is 0 Å². The number of benzene rings is 1. The first kappa shape index (κ1) is 21.9. The Bertz CT molecular complexity index is 971. The summed E-state index contributed by atoms with van der Waals surface area (Å²) in [5.74, 6) is 0.571. The summed E-state index contributed by atoms with van der Waals surface area (Å²) in [7, 11) is 0. The number of hydrogen-bond donors (Lipinski definition) is 4. The van der Waals surface area contributed by atoms with Crippen LogP contribution in [0.2, 0.25) is 4.34 Å². The second-order valence-electron chi connectivity index (χ2n) is 6.36. The maximum Gasteiger partial charge on any atom is 0.291 e. The van der Waals surface area contributed by atoms with Gasteiger partial charge in [-0.2, -0.15) is 0 Å². The number of rotatable bonds is 8. The van der Waals surface area contributed by atoms with Gasteiger partial charge >= 0.3 is 0 Å². The maximum absolute atomic E-state index is 12.0. The normalized spacial score (nSPS) is 12.4. The summed E-state index contributed by atoms with van der Waals surface area (Å²) >= 11 is 7.28. The van der Waals surface area contributed by atoms with Gasteiger partial charge in [0, 0.05) is 23.7 Å². The minimum Gasteiger partial charge on any atom is -0.459 e. The van der Waals surface area contributed by atoms with E-state index in [0.29, 0.717) is 35.6 Å². The van der Waals surface area contributed by atoms with E-state index in [9.17, 15) is 9.90 Å². The lowest BCUT2D eigenvalue weighted by Gasteiger charge is -2.14. The lowest BCUT2D eigenvalue weighted by Crippen LogP contribution is -2.39. The van der Waals surface area contributed by atoms with Crippen LogP contribution in [0.25, 0.3) is 0 Å². The highest BCUT2D eigenvalue weighted by Gasteiger charge is 2.11. The van der Waals surface area contributed by atoms with E-state index in [1.165, 1.54) is 17.6 Å². The Hall–Kier alpha value is -2.81. The Morgan fingerprint density at radius 3 is 2.63 bits per heavy atom. The second-order valence-corrected chi connectivity index (χ2v) is 8.11. The number of thiophene rings is 1. The summed E-state index contributed by atoms with van der Waals surface area (Å²) in [5, 5.41) is 19.3. The van der Waals surface area contributed by atoms with Gasteiger partial charge in [-0.1, -0.05) is 23.7 Å². The highest BCUT2D eigenvalue weighted by atomic mass is 35.5. The third-order valence-electron chi connectivity index (χ3n) is 4.11. The molecular formula is C21H23ClN4O3S. The van der Waals surface area contributed by atoms with Gasteiger partial charge < -0.3 is 25.5 Å². The maximum atomic E-state index is 12.0. The molecule has 0 aliphatic carbocycles. The van der Waals surface area contributed by atoms with Crippen molar-refractivity contribution in [3.8, 4) is 0 Å². The molecule has 1 amide bonds. The molecule has 0 aliphatic rings. The van der Waals surface area contributed by atoms with Crippen molar-refractivity contribution in [1.29, 1.82) is 0 Å². The number of nitrogens with one attached hydrogen (secondary N) is 3. The van der Waals surface area contributed by atoms with Crippen LogP contribution in [-0.2, 0) is 6.54 Å². The van der Waals surface area contributed by atoms with Gasteiger partial charge in [0.05, 0.1) is 17.1 Å². The zero-order valence-electron chi connectivity index (χ0n) is 16.4. The Morgan fingerprint density at radius 1 is 1.20 bits per heavy atom. The highest BCUT2D eigenvalue weighted by Crippen LogP contribution is 2.26. The Kier molecular flexibility index (Phi) is 7.89. The van der Waals surface area contributed by atoms with Crippen LogP contribution in [0.15, 0.2) is 64.2 Å². The molecule has 3 rings (SSSR count). The van der Waals surface area contributed by atoms with Crippen molar-refractivity contribution < 1.29 is 14.3 Å². The van der Waals surface area contributed by atoms with E-state index in [-0.39, 0.29) is 11.7 Å². The highest BCUT2D eigenvalue weighted by molar-refractivity contribution is 7.16. The second kappa shape index (κ2) is 10.8. The molecule has 0 radical (unpaired) electrons. The Morgan fingerprint density at radius 2 is 2.00 bits per heavy atom. The summed E-state index contributed by atoms with van der Waals surface area (Å²) in [6, 6.07) is 14.3. The zero-order chi connectivity index (χ0) is 21.3. The van der Waals surface area contributed by atoms with E-state index in [2.05, 4.69) is 20.9 Å². The van der Waals surface area contributed by atoms with Gasteiger partial charge in [-0.3, -0.25) is 4.79 Å². The van der Waals surface area contributed by atoms with E-state index < -0.39 is 6.10 Å². The predicted octanol–water partition coefficient (Wildman–Crippen LogP) is 4.04. The average Bonchev–Trinajstić information content (AvgIpc) is 3.43. The van der Waals surface area contributed by atoms with Gasteiger partial charge in [0.1, 0.15) is 6.10 Å². The van der Waals surface area contributed by atoms with Crippen molar-refractivity contribution >= 4 is 40.5 Å². The number of nitrogens with zero attached hydrogens (tertiary/aromatic N) is 1. The van der Waals surface area contributed by atoms with Crippen LogP contribution in [0.4, 0.5) is 5.69 Å². The number of furan rings is 1. The molecule has 158 valence electrons. The quantitative estimate of drug-likeness (QED) is 0.309. The minimum atomic E-state index is -0.664. The summed E-state index contributed by atoms with van der Waals surface area (Å²) < 4.78 is 5.73. The van der Waals surface area contributed by atoms with Crippen molar-refractivity contribution in [3.05, 3.63) is 75.3 Å². The molecule has 0 saturated heterocycles. The topological polar surface area (TPSA) is 98.9 Å². The van der Waals surface area contributed by atoms with Crippen molar-refractivity contribution in [3.63, 3.8) is 0 Å². The lowest BCUT2D eigenvalue weighted by atomic mass is 10.2. The third-order valence-corrected chi connectivity index (χ3v) is 5.44. The van der Waals surface area contributed by atoms with Gasteiger partial charge in [-0.25, -0.2) is 4.99 Å². The standard InChI is InChI=1S/C21H23ClN4O3S/c1-2-23-21(25-13-16(27)18-9-10-19(22)30-18)24-12-14-5-7-15(8-6-14)26-20(28)17-4-3-11-29-17/h3-11,16,27H,2,12-13H2,1H3,(H,26,28)(H2,23,24,25). The van der Waals surface area contributed by atoms with Gasteiger partial charge in [0.25, 0.3) is 5.91 Å². The van der Waals surface area contributed by atoms with E-state index >= 15 is 0 Å². The number of guanidine groups is 1. The molecular weight excluding hydrogens is 424 g/mol. The van der Waals surface area contributed by atoms with E-state index in [4.69, 9.17) is 16.0 Å². The largest absolute Gasteiger partial charge is 0.459 e. The van der Waals surface area contributed by atoms with Crippen LogP contribution in [0.5, 0.6) is 0 Å². The van der Waals surface area contributed by atoms with Gasteiger partial charge in [0.2, 0.25) is 0 Å². The first-order valence-electron chi connectivity index (χ1n) is 9.44. The molecule has 2 aromatic heterocycles. The van der Waals surface area contributed by atoms with Crippen LogP contribution in [0.1, 0.15) is 34.0 Å². The predicted molar refractivity (Wildman–Crippen MR) is 120 cm³/mol. The molecule has 7 nitrogen and oxygen atoms in total. The first-order chi connectivity index (χ1) is 14.5. The molecule has 1 atom stereocenters. The molecule has 0 fully saturated rings. The molecule has 0 aliphatic heterocycles. The lowest BCUT2D eigenvalue weighted by molar-refractivity contribution is 0.0996. The number of anilines is 1. The molecule has 3 aromatic rings. The molecule has 0 spiro atoms. The molecule has 2 heterocycles. The number of aliphatic hydroxyl groups is 1. The Labute approximate surface area is 183 Å². The fraction of sp³-hybridized carbons (Fsp3) is 0.238. The van der Waals surface area contributed by atoms with Crippen LogP contribution < -0.4 is 16.0 Å². The number of carbonyl (C=O) groups excluding carboxylic acids is 1. The third kappa shape index (κ3) is 6.35. The molecule has 0 bridgehead atoms. The number of aliphatic hydroxyl groups excluding tert-OH is 1. The number of amides is 1. The van der Waals surface area contributed by atoms with Crippen LogP contribution >= 0.6 is 22.9 Å². The first-order valence-corrected chi connectivity index (χ1v) is 10.6. The number of aliphatic imine (C=N–C) groups is 1. The van der Waals surface area contributed by atoms with Crippen LogP contribution in [0, 0.1) is 0 Å². The molecule has 4 N–H and O–H groups in total. The fourth-order valence-electron chi connectivity index (χ4n) is 2.61. The van der Waals surface area contributed by atoms with Crippen LogP contribution in [-0.4, -0.2) is 30.1 Å². The van der Waals surface area contributed by atoms with Gasteiger partial charge in [-0.05, 0) is 48.9 Å². The smallest absolute Gasteiger partial charge is 0.291 e. The van der Waals surface area contributed by atoms with Gasteiger partial charge in [0.15, 0.2) is 11.7 Å². The SMILES string of the molecule is CCNC(=NCc1ccc(NC(=O)c2ccco2)cc1)NCC(O)c1ccc(Cl)s1. The number of carbonyl (C=O) groups is 1. The van der Waals surface area contributed by atoms with Crippen molar-refractivity contribution in [2.75, 3.05) is 18.4 Å². The molecule has 30 heavy (non-hydrogen) atoms. The summed E-state index contributed by atoms with van der Waals surface area (Å²) in [5.41, 5.74) is 1.65. The zero-order valence-corrected chi connectivity index (χ0v) is 18.0.